The van der Waals surface area contributed by atoms with Crippen LogP contribution in [-0.2, 0) is 16.1 Å². The van der Waals surface area contributed by atoms with Crippen LogP contribution in [0.3, 0.4) is 0 Å². The molecule has 2 heterocycles. The lowest BCUT2D eigenvalue weighted by Crippen LogP contribution is -2.50. The van der Waals surface area contributed by atoms with Crippen LogP contribution in [0.5, 0.6) is 0 Å². The van der Waals surface area contributed by atoms with E-state index < -0.39 is 17.9 Å². The van der Waals surface area contributed by atoms with E-state index >= 15 is 0 Å². The van der Waals surface area contributed by atoms with Gasteiger partial charge in [0.15, 0.2) is 5.69 Å². The molecule has 1 unspecified atom stereocenters. The summed E-state index contributed by atoms with van der Waals surface area (Å²) in [5.41, 5.74) is -0.233. The Labute approximate surface area is 108 Å². The molecular weight excluding hydrogens is 254 g/mol. The quantitative estimate of drug-likeness (QED) is 0.601. The average Bonchev–Trinajstić information content (AvgIpc) is 2.80. The van der Waals surface area contributed by atoms with Gasteiger partial charge in [-0.25, -0.2) is 9.48 Å². The minimum atomic E-state index is -1.21. The van der Waals surface area contributed by atoms with Crippen LogP contribution in [0.25, 0.3) is 0 Å². The van der Waals surface area contributed by atoms with Crippen molar-refractivity contribution in [2.24, 2.45) is 0 Å². The molecule has 3 N–H and O–H groups in total. The van der Waals surface area contributed by atoms with Gasteiger partial charge in [0, 0.05) is 6.54 Å². The van der Waals surface area contributed by atoms with Gasteiger partial charge < -0.3 is 15.7 Å². The van der Waals surface area contributed by atoms with E-state index in [2.05, 4.69) is 20.9 Å². The zero-order valence-corrected chi connectivity index (χ0v) is 10.00. The summed E-state index contributed by atoms with van der Waals surface area (Å²) in [7, 11) is 0. The fourth-order valence-corrected chi connectivity index (χ4v) is 1.77. The maximum Gasteiger partial charge on any atom is 0.358 e. The Hall–Kier alpha value is -2.45. The lowest BCUT2D eigenvalue weighted by Gasteiger charge is -2.22. The first-order valence-electron chi connectivity index (χ1n) is 5.77. The Morgan fingerprint density at radius 2 is 2.37 bits per heavy atom. The van der Waals surface area contributed by atoms with Gasteiger partial charge in [0.25, 0.3) is 0 Å². The van der Waals surface area contributed by atoms with E-state index in [0.717, 1.165) is 17.3 Å². The summed E-state index contributed by atoms with van der Waals surface area (Å²) in [6.07, 6.45) is 2.56. The molecule has 1 aromatic rings. The molecular formula is C10H13N5O4. The number of carbonyl (C=O) groups excluding carboxylic acids is 2. The summed E-state index contributed by atoms with van der Waals surface area (Å²) in [4.78, 5) is 33.7. The third-order valence-corrected chi connectivity index (χ3v) is 2.68. The number of hydrogen-bond acceptors (Lipinski definition) is 5. The zero-order chi connectivity index (χ0) is 13.8. The van der Waals surface area contributed by atoms with Crippen molar-refractivity contribution >= 4 is 17.8 Å². The smallest absolute Gasteiger partial charge is 0.358 e. The van der Waals surface area contributed by atoms with Gasteiger partial charge >= 0.3 is 5.97 Å². The maximum absolute atomic E-state index is 11.7. The van der Waals surface area contributed by atoms with Crippen LogP contribution in [0.15, 0.2) is 6.20 Å². The molecule has 1 atom stereocenters. The summed E-state index contributed by atoms with van der Waals surface area (Å²) in [5.74, 6) is -1.83. The molecule has 0 bridgehead atoms. The molecule has 2 rings (SSSR count). The molecule has 1 fully saturated rings. The highest BCUT2D eigenvalue weighted by molar-refractivity contribution is 5.88. The molecule has 0 aromatic carbocycles. The van der Waals surface area contributed by atoms with E-state index in [0.29, 0.717) is 13.0 Å². The number of hydrogen-bond donors (Lipinski definition) is 3. The summed E-state index contributed by atoms with van der Waals surface area (Å²) >= 11 is 0. The second-order valence-corrected chi connectivity index (χ2v) is 4.16. The van der Waals surface area contributed by atoms with Crippen LogP contribution in [0.4, 0.5) is 0 Å². The van der Waals surface area contributed by atoms with E-state index in [1.54, 1.807) is 0 Å². The number of carbonyl (C=O) groups is 3. The van der Waals surface area contributed by atoms with Gasteiger partial charge in [-0.2, -0.15) is 0 Å². The lowest BCUT2D eigenvalue weighted by molar-refractivity contribution is -0.130. The molecule has 1 saturated heterocycles. The van der Waals surface area contributed by atoms with Crippen molar-refractivity contribution in [3.05, 3.63) is 11.9 Å². The normalized spacial score (nSPS) is 18.7. The van der Waals surface area contributed by atoms with E-state index in [4.69, 9.17) is 5.11 Å². The number of aromatic carboxylic acids is 1. The molecule has 1 aromatic heterocycles. The molecule has 0 saturated carbocycles. The number of rotatable bonds is 4. The Bertz CT molecular complexity index is 512. The number of nitrogens with one attached hydrogen (secondary N) is 2. The van der Waals surface area contributed by atoms with E-state index in [1.807, 2.05) is 0 Å². The SMILES string of the molecule is O=C(Cn1cc(C(=O)O)nn1)NC1CCCNC1=O. The van der Waals surface area contributed by atoms with Crippen LogP contribution < -0.4 is 10.6 Å². The standard InChI is InChI=1S/C10H13N5O4/c16-8(12-6-2-1-3-11-9(6)17)5-15-4-7(10(18)19)13-14-15/h4,6H,1-3,5H2,(H,11,17)(H,12,16)(H,18,19). The highest BCUT2D eigenvalue weighted by atomic mass is 16.4. The molecule has 1 aliphatic rings. The van der Waals surface area contributed by atoms with Crippen LogP contribution in [0, 0.1) is 0 Å². The predicted molar refractivity (Wildman–Crippen MR) is 61.2 cm³/mol. The highest BCUT2D eigenvalue weighted by Gasteiger charge is 2.23. The van der Waals surface area contributed by atoms with Gasteiger partial charge in [0.05, 0.1) is 6.20 Å². The van der Waals surface area contributed by atoms with Crippen molar-refractivity contribution in [3.63, 3.8) is 0 Å². The maximum atomic E-state index is 11.7. The first-order valence-corrected chi connectivity index (χ1v) is 5.77. The van der Waals surface area contributed by atoms with Gasteiger partial charge in [-0.1, -0.05) is 5.21 Å². The van der Waals surface area contributed by atoms with E-state index in [9.17, 15) is 14.4 Å². The fourth-order valence-electron chi connectivity index (χ4n) is 1.77. The molecule has 9 nitrogen and oxygen atoms in total. The second kappa shape index (κ2) is 5.46. The average molecular weight is 267 g/mol. The Morgan fingerprint density at radius 3 is 3.00 bits per heavy atom. The van der Waals surface area contributed by atoms with Gasteiger partial charge in [-0.05, 0) is 12.8 Å². The Balaban J connectivity index is 1.89. The molecule has 19 heavy (non-hydrogen) atoms. The summed E-state index contributed by atoms with van der Waals surface area (Å²) < 4.78 is 1.11. The molecule has 2 amide bonds. The molecule has 1 aliphatic heterocycles. The van der Waals surface area contributed by atoms with Gasteiger partial charge in [0.2, 0.25) is 11.8 Å². The number of amides is 2. The van der Waals surface area contributed by atoms with Crippen LogP contribution >= 0.6 is 0 Å². The number of carboxylic acids is 1. The van der Waals surface area contributed by atoms with Gasteiger partial charge in [0.1, 0.15) is 12.6 Å². The first kappa shape index (κ1) is 13.0. The largest absolute Gasteiger partial charge is 0.476 e. The molecule has 0 radical (unpaired) electrons. The minimum Gasteiger partial charge on any atom is -0.476 e. The fraction of sp³-hybridized carbons (Fsp3) is 0.500. The van der Waals surface area contributed by atoms with Crippen molar-refractivity contribution < 1.29 is 19.5 Å². The van der Waals surface area contributed by atoms with Crippen molar-refractivity contribution in [1.82, 2.24) is 25.6 Å². The minimum absolute atomic E-state index is 0.177. The topological polar surface area (TPSA) is 126 Å². The second-order valence-electron chi connectivity index (χ2n) is 4.16. The number of aromatic nitrogens is 3. The predicted octanol–water partition coefficient (Wildman–Crippen LogP) is -1.63. The summed E-state index contributed by atoms with van der Waals surface area (Å²) in [6, 6.07) is -0.538. The van der Waals surface area contributed by atoms with Crippen molar-refractivity contribution in [1.29, 1.82) is 0 Å². The third kappa shape index (κ3) is 3.27. The van der Waals surface area contributed by atoms with E-state index in [1.165, 1.54) is 0 Å². The summed E-state index contributed by atoms with van der Waals surface area (Å²) in [6.45, 7) is 0.445. The third-order valence-electron chi connectivity index (χ3n) is 2.68. The van der Waals surface area contributed by atoms with Crippen molar-refractivity contribution in [2.45, 2.75) is 25.4 Å². The summed E-state index contributed by atoms with van der Waals surface area (Å²) in [5, 5.41) is 20.8. The van der Waals surface area contributed by atoms with Crippen LogP contribution in [-0.4, -0.2) is 50.5 Å². The van der Waals surface area contributed by atoms with Crippen LogP contribution in [0.2, 0.25) is 0 Å². The number of carboxylic acid groups (broad SMARTS) is 1. The zero-order valence-electron chi connectivity index (χ0n) is 10.00. The van der Waals surface area contributed by atoms with E-state index in [-0.39, 0.29) is 18.1 Å². The molecule has 102 valence electrons. The number of nitrogens with zero attached hydrogens (tertiary/aromatic N) is 3. The van der Waals surface area contributed by atoms with Crippen molar-refractivity contribution in [2.75, 3.05) is 6.54 Å². The molecule has 0 spiro atoms. The molecule has 9 heteroatoms. The lowest BCUT2D eigenvalue weighted by atomic mass is 10.1. The highest BCUT2D eigenvalue weighted by Crippen LogP contribution is 2.02. The Kier molecular flexibility index (Phi) is 3.74. The van der Waals surface area contributed by atoms with Crippen LogP contribution in [0.1, 0.15) is 23.3 Å². The first-order chi connectivity index (χ1) is 9.06. The monoisotopic (exact) mass is 267 g/mol. The van der Waals surface area contributed by atoms with Crippen molar-refractivity contribution in [3.8, 4) is 0 Å². The molecule has 0 aliphatic carbocycles. The number of piperidine rings is 1. The van der Waals surface area contributed by atoms with Gasteiger partial charge in [-0.15, -0.1) is 5.10 Å². The van der Waals surface area contributed by atoms with Gasteiger partial charge in [-0.3, -0.25) is 9.59 Å². The Morgan fingerprint density at radius 1 is 1.58 bits per heavy atom.